The number of phenolic OH excluding ortho intramolecular Hbond substituents is 1. The first-order chi connectivity index (χ1) is 38.8. The van der Waals surface area contributed by atoms with E-state index in [9.17, 15) is 58.2 Å². The summed E-state index contributed by atoms with van der Waals surface area (Å²) in [5.74, 6) is -8.09. The lowest BCUT2D eigenvalue weighted by molar-refractivity contribution is -0.142. The number of nitrogens with one attached hydrogen (secondary N) is 7. The van der Waals surface area contributed by atoms with Crippen LogP contribution in [0.1, 0.15) is 61.3 Å². The Hall–Kier alpha value is -7.96. The zero-order chi connectivity index (χ0) is 58.4. The van der Waals surface area contributed by atoms with Gasteiger partial charge in [0.05, 0.1) is 6.04 Å². The Labute approximate surface area is 477 Å². The minimum atomic E-state index is -1.51. The van der Waals surface area contributed by atoms with Gasteiger partial charge in [-0.25, -0.2) is 4.79 Å². The lowest BCUT2D eigenvalue weighted by Crippen LogP contribution is -2.60. The van der Waals surface area contributed by atoms with E-state index in [1.807, 2.05) is 0 Å². The third kappa shape index (κ3) is 19.7. The first-order valence-corrected chi connectivity index (χ1v) is 28.9. The van der Waals surface area contributed by atoms with Gasteiger partial charge in [-0.15, -0.1) is 11.8 Å². The summed E-state index contributed by atoms with van der Waals surface area (Å²) < 4.78 is 0. The molecule has 2 aliphatic rings. The molecule has 4 aromatic carbocycles. The second kappa shape index (κ2) is 31.1. The van der Waals surface area contributed by atoms with Crippen LogP contribution in [-0.4, -0.2) is 152 Å². The summed E-state index contributed by atoms with van der Waals surface area (Å²) in [7, 11) is 0. The topological polar surface area (TPSA) is 351 Å². The van der Waals surface area contributed by atoms with Gasteiger partial charge in [-0.3, -0.25) is 43.2 Å². The highest BCUT2D eigenvalue weighted by molar-refractivity contribution is 8.16. The Morgan fingerprint density at radius 1 is 0.667 bits per heavy atom. The van der Waals surface area contributed by atoms with E-state index in [0.29, 0.717) is 28.7 Å². The Morgan fingerprint density at radius 3 is 1.80 bits per heavy atom. The summed E-state index contributed by atoms with van der Waals surface area (Å²) in [5.41, 5.74) is 14.5. The van der Waals surface area contributed by atoms with Crippen LogP contribution in [0.15, 0.2) is 115 Å². The second-order valence-corrected chi connectivity index (χ2v) is 22.4. The van der Waals surface area contributed by atoms with Crippen molar-refractivity contribution < 1.29 is 58.2 Å². The number of carbonyl (C=O) groups is 10. The highest BCUT2D eigenvalue weighted by atomic mass is 32.2. The van der Waals surface area contributed by atoms with Crippen molar-refractivity contribution in [2.24, 2.45) is 11.5 Å². The molecule has 0 bridgehead atoms. The minimum absolute atomic E-state index is 0.0271. The first-order valence-electron chi connectivity index (χ1n) is 26.6. The van der Waals surface area contributed by atoms with E-state index in [2.05, 4.69) is 37.2 Å². The fraction of sp³-hybridized carbons (Fsp3) is 0.404. The first kappa shape index (κ1) is 62.2. The maximum absolute atomic E-state index is 14.6. The van der Waals surface area contributed by atoms with Crippen LogP contribution in [0.2, 0.25) is 0 Å². The summed E-state index contributed by atoms with van der Waals surface area (Å²) in [4.78, 5) is 140. The number of hydrogen-bond acceptors (Lipinski definition) is 14. The summed E-state index contributed by atoms with van der Waals surface area (Å²) in [6, 6.07) is 20.8. The molecule has 0 aliphatic carbocycles. The molecule has 81 heavy (non-hydrogen) atoms. The van der Waals surface area contributed by atoms with Crippen molar-refractivity contribution in [1.29, 1.82) is 0 Å². The van der Waals surface area contributed by atoms with Gasteiger partial charge < -0.3 is 63.8 Å². The molecule has 0 unspecified atom stereocenters. The lowest BCUT2D eigenvalue weighted by Gasteiger charge is -2.31. The largest absolute Gasteiger partial charge is 0.508 e. The van der Waals surface area contributed by atoms with E-state index in [1.54, 1.807) is 103 Å². The summed E-state index contributed by atoms with van der Waals surface area (Å²) in [6.07, 6.45) is -0.180. The maximum atomic E-state index is 14.6. The number of primary amides is 1. The van der Waals surface area contributed by atoms with Crippen LogP contribution in [0.4, 0.5) is 0 Å². The van der Waals surface area contributed by atoms with Crippen molar-refractivity contribution in [2.75, 3.05) is 23.1 Å². The number of nitrogens with zero attached hydrogens (tertiary/aromatic N) is 1. The Kier molecular flexibility index (Phi) is 23.9. The number of hydrogen-bond donors (Lipinski definition) is 11. The Bertz CT molecular complexity index is 2820. The number of carboxylic acids is 1. The number of rotatable bonds is 17. The molecule has 4 aromatic rings. The molecule has 6 rings (SSSR count). The van der Waals surface area contributed by atoms with Gasteiger partial charge in [0.1, 0.15) is 54.1 Å². The van der Waals surface area contributed by atoms with E-state index in [1.165, 1.54) is 47.5 Å². The van der Waals surface area contributed by atoms with Gasteiger partial charge in [-0.2, -0.15) is 11.8 Å². The maximum Gasteiger partial charge on any atom is 0.326 e. The van der Waals surface area contributed by atoms with Crippen LogP contribution in [-0.2, 0) is 73.6 Å². The standard InChI is InChI=1S/C57H70N10O12S2/c1-34-49(70)63-44(30-36-14-7-3-8-15-36)53(74)62-42(57(78)79)25-27-80-33-81-32-46(54(75)61-41(23-24-48(59)69)51(72)64-43(52(73)60-34)29-35-12-5-2-6-13-35)66-55(76)47-18-11-26-67(47)56(77)45(31-37-16-9-4-10-17-37)65-50(71)40(58)28-38-19-21-39(68)22-20-38/h2-10,12-17,19-22,34,40-47,68H,11,18,23-33,58H2,1H3,(H2,59,69)(H,60,73)(H,61,75)(H,62,74)(H,63,70)(H,64,72)(H,65,71)(H,66,76)(H,78,79)/t34-,40-,41-,42-,43-,44-,45-,46+,47-/m0/s1. The number of aliphatic carboxylic acids is 1. The van der Waals surface area contributed by atoms with Crippen molar-refractivity contribution in [3.05, 3.63) is 138 Å². The number of thioether (sulfide) groups is 2. The van der Waals surface area contributed by atoms with Crippen LogP contribution in [0.5, 0.6) is 5.75 Å². The molecule has 22 nitrogen and oxygen atoms in total. The van der Waals surface area contributed by atoms with Gasteiger partial charge in [-0.05, 0) is 79.2 Å². The zero-order valence-electron chi connectivity index (χ0n) is 44.8. The van der Waals surface area contributed by atoms with Crippen molar-refractivity contribution >= 4 is 82.7 Å². The normalized spacial score (nSPS) is 22.6. The molecular formula is C57H70N10O12S2. The molecule has 24 heteroatoms. The van der Waals surface area contributed by atoms with E-state index in [0.717, 1.165) is 0 Å². The number of phenols is 1. The van der Waals surface area contributed by atoms with Gasteiger partial charge in [0.15, 0.2) is 0 Å². The van der Waals surface area contributed by atoms with Gasteiger partial charge in [-0.1, -0.05) is 103 Å². The molecule has 432 valence electrons. The highest BCUT2D eigenvalue weighted by Gasteiger charge is 2.40. The average Bonchev–Trinajstić information content (AvgIpc) is 4.11. The van der Waals surface area contributed by atoms with Crippen molar-refractivity contribution in [2.45, 2.75) is 119 Å². The van der Waals surface area contributed by atoms with E-state index < -0.39 is 114 Å². The lowest BCUT2D eigenvalue weighted by atomic mass is 10.0. The molecule has 0 aromatic heterocycles. The average molecular weight is 1150 g/mol. The SMILES string of the molecule is C[C@@H]1NC(=O)[C@H](Cc2ccccc2)NC(=O)[C@H](CCC(N)=O)NC(=O)[C@H](NC(=O)[C@@H]2CCCN2C(=O)[C@H](Cc2ccccc2)NC(=O)[C@@H](N)Cc2ccc(O)cc2)CSCSCC[C@@H](C(=O)O)NC(=O)[C@H](Cc2ccccc2)NC1=O. The van der Waals surface area contributed by atoms with E-state index in [4.69, 9.17) is 11.5 Å². The number of aromatic hydroxyl groups is 1. The number of carboxylic acid groups (broad SMARTS) is 1. The third-order valence-electron chi connectivity index (χ3n) is 13.6. The number of amides is 9. The number of likely N-dealkylation sites (tertiary alicyclic amines) is 1. The monoisotopic (exact) mass is 1150 g/mol. The van der Waals surface area contributed by atoms with Gasteiger partial charge >= 0.3 is 5.97 Å². The van der Waals surface area contributed by atoms with Crippen LogP contribution in [0, 0.1) is 0 Å². The van der Waals surface area contributed by atoms with Crippen molar-refractivity contribution in [3.8, 4) is 5.75 Å². The van der Waals surface area contributed by atoms with Gasteiger partial charge in [0, 0.05) is 43.1 Å². The number of carbonyl (C=O) groups excluding carboxylic acids is 9. The number of nitrogens with two attached hydrogens (primary N) is 2. The highest BCUT2D eigenvalue weighted by Crippen LogP contribution is 2.22. The van der Waals surface area contributed by atoms with Crippen LogP contribution in [0.3, 0.4) is 0 Å². The van der Waals surface area contributed by atoms with E-state index in [-0.39, 0.29) is 80.3 Å². The third-order valence-corrected chi connectivity index (χ3v) is 16.0. The van der Waals surface area contributed by atoms with Crippen LogP contribution < -0.4 is 48.7 Å². The predicted molar refractivity (Wildman–Crippen MR) is 305 cm³/mol. The van der Waals surface area contributed by atoms with Crippen LogP contribution in [0.25, 0.3) is 0 Å². The molecule has 2 aliphatic heterocycles. The smallest absolute Gasteiger partial charge is 0.326 e. The summed E-state index contributed by atoms with van der Waals surface area (Å²) in [5, 5.41) is 38.9. The zero-order valence-corrected chi connectivity index (χ0v) is 46.4. The van der Waals surface area contributed by atoms with Crippen LogP contribution >= 0.6 is 23.5 Å². The second-order valence-electron chi connectivity index (χ2n) is 19.9. The molecule has 0 radical (unpaired) electrons. The van der Waals surface area contributed by atoms with Gasteiger partial charge in [0.2, 0.25) is 53.2 Å². The molecule has 9 atom stereocenters. The molecule has 0 saturated carbocycles. The Morgan fingerprint density at radius 2 is 1.21 bits per heavy atom. The van der Waals surface area contributed by atoms with Crippen molar-refractivity contribution in [3.63, 3.8) is 0 Å². The quantitative estimate of drug-likeness (QED) is 0.0689. The Balaban J connectivity index is 1.26. The number of benzene rings is 4. The summed E-state index contributed by atoms with van der Waals surface area (Å²) in [6.45, 7) is 1.49. The van der Waals surface area contributed by atoms with E-state index >= 15 is 0 Å². The molecule has 2 fully saturated rings. The molecule has 2 heterocycles. The molecule has 0 spiro atoms. The molecule has 9 amide bonds. The fourth-order valence-electron chi connectivity index (χ4n) is 9.17. The molecular weight excluding hydrogens is 1080 g/mol. The van der Waals surface area contributed by atoms with Gasteiger partial charge in [0.25, 0.3) is 0 Å². The van der Waals surface area contributed by atoms with Crippen molar-refractivity contribution in [1.82, 2.24) is 42.1 Å². The molecule has 13 N–H and O–H groups in total. The summed E-state index contributed by atoms with van der Waals surface area (Å²) >= 11 is 2.47. The molecule has 2 saturated heterocycles. The predicted octanol–water partition coefficient (Wildman–Crippen LogP) is 0.572. The fourth-order valence-corrected chi connectivity index (χ4v) is 11.4. The minimum Gasteiger partial charge on any atom is -0.508 e.